The van der Waals surface area contributed by atoms with Crippen LogP contribution in [0.25, 0.3) is 0 Å². The summed E-state index contributed by atoms with van der Waals surface area (Å²) in [5, 5.41) is 2.50. The van der Waals surface area contributed by atoms with Crippen LogP contribution in [0.1, 0.15) is 0 Å². The summed E-state index contributed by atoms with van der Waals surface area (Å²) in [6.07, 6.45) is 4.84. The normalized spacial score (nSPS) is 10.0. The van der Waals surface area contributed by atoms with E-state index in [1.54, 1.807) is 18.4 Å². The number of carbonyl (C=O) groups excluding carboxylic acids is 1. The van der Waals surface area contributed by atoms with Gasteiger partial charge in [-0.2, -0.15) is 0 Å². The molecule has 0 aliphatic heterocycles. The fourth-order valence-electron chi connectivity index (χ4n) is 0.809. The van der Waals surface area contributed by atoms with Crippen molar-refractivity contribution >= 4 is 17.0 Å². The van der Waals surface area contributed by atoms with Gasteiger partial charge in [-0.3, -0.25) is 4.79 Å². The highest BCUT2D eigenvalue weighted by molar-refractivity contribution is 8.13. The monoisotopic (exact) mass is 205 g/mol. The van der Waals surface area contributed by atoms with Crippen molar-refractivity contribution in [3.63, 3.8) is 0 Å². The lowest BCUT2D eigenvalue weighted by atomic mass is 10.4. The van der Waals surface area contributed by atoms with Gasteiger partial charge >= 0.3 is 0 Å². The Hall–Kier alpha value is -1.48. The number of hydrogen-bond acceptors (Lipinski definition) is 2. The fourth-order valence-corrected chi connectivity index (χ4v) is 1.44. The van der Waals surface area contributed by atoms with E-state index in [0.717, 1.165) is 16.7 Å². The third kappa shape index (κ3) is 3.96. The van der Waals surface area contributed by atoms with Gasteiger partial charge in [0.1, 0.15) is 0 Å². The Labute approximate surface area is 87.7 Å². The van der Waals surface area contributed by atoms with E-state index < -0.39 is 0 Å². The molecule has 0 spiro atoms. The quantitative estimate of drug-likeness (QED) is 0.606. The van der Waals surface area contributed by atoms with Crippen LogP contribution < -0.4 is 5.32 Å². The second-order valence-electron chi connectivity index (χ2n) is 2.44. The second-order valence-corrected chi connectivity index (χ2v) is 3.49. The molecule has 1 aromatic rings. The van der Waals surface area contributed by atoms with Gasteiger partial charge in [-0.05, 0) is 30.0 Å². The zero-order valence-corrected chi connectivity index (χ0v) is 8.46. The van der Waals surface area contributed by atoms with E-state index in [0.29, 0.717) is 0 Å². The molecule has 0 saturated heterocycles. The Morgan fingerprint density at radius 2 is 2.07 bits per heavy atom. The summed E-state index contributed by atoms with van der Waals surface area (Å²) in [5.41, 5.74) is 0. The molecule has 0 fully saturated rings. The van der Waals surface area contributed by atoms with E-state index in [4.69, 9.17) is 0 Å². The van der Waals surface area contributed by atoms with Gasteiger partial charge in [-0.15, -0.1) is 0 Å². The van der Waals surface area contributed by atoms with E-state index in [1.165, 1.54) is 0 Å². The number of nitrogens with one attached hydrogen (secondary N) is 1. The summed E-state index contributed by atoms with van der Waals surface area (Å²) in [6, 6.07) is 9.49. The van der Waals surface area contributed by atoms with Gasteiger partial charge in [0.2, 0.25) is 0 Å². The van der Waals surface area contributed by atoms with Gasteiger partial charge < -0.3 is 5.32 Å². The molecular formula is C11H11NOS. The van der Waals surface area contributed by atoms with Gasteiger partial charge in [-0.1, -0.05) is 30.9 Å². The Morgan fingerprint density at radius 3 is 2.71 bits per heavy atom. The first-order valence-corrected chi connectivity index (χ1v) is 4.95. The molecular weight excluding hydrogens is 194 g/mol. The summed E-state index contributed by atoms with van der Waals surface area (Å²) in [7, 11) is 0. The van der Waals surface area contributed by atoms with Crippen molar-refractivity contribution in [3.05, 3.63) is 55.3 Å². The largest absolute Gasteiger partial charge is 0.323 e. The van der Waals surface area contributed by atoms with Crippen LogP contribution in [-0.4, -0.2) is 5.24 Å². The zero-order valence-electron chi connectivity index (χ0n) is 7.64. The van der Waals surface area contributed by atoms with E-state index in [9.17, 15) is 4.79 Å². The summed E-state index contributed by atoms with van der Waals surface area (Å²) in [4.78, 5) is 12.2. The third-order valence-corrected chi connectivity index (χ3v) is 2.20. The fraction of sp³-hybridized carbons (Fsp3) is 0. The minimum atomic E-state index is -0.102. The lowest BCUT2D eigenvalue weighted by Gasteiger charge is -1.98. The molecule has 3 heteroatoms. The lowest BCUT2D eigenvalue weighted by Crippen LogP contribution is -2.09. The highest BCUT2D eigenvalue weighted by Crippen LogP contribution is 2.17. The van der Waals surface area contributed by atoms with Crippen molar-refractivity contribution in [3.8, 4) is 0 Å². The third-order valence-electron chi connectivity index (χ3n) is 1.39. The molecule has 0 radical (unpaired) electrons. The first-order valence-electron chi connectivity index (χ1n) is 4.14. The Bertz CT molecular complexity index is 332. The van der Waals surface area contributed by atoms with Crippen LogP contribution in [0.15, 0.2) is 60.2 Å². The molecule has 1 amide bonds. The number of carbonyl (C=O) groups is 1. The standard InChI is InChI=1S/C11H11NOS/c1-2-3-9-12-11(13)14-10-7-5-4-6-8-10/h2-9H,1H2,(H,12,13)/b9-3+. The highest BCUT2D eigenvalue weighted by Gasteiger charge is 1.99. The van der Waals surface area contributed by atoms with Gasteiger partial charge in [0.15, 0.2) is 0 Å². The molecule has 0 bridgehead atoms. The van der Waals surface area contributed by atoms with Crippen molar-refractivity contribution in [1.82, 2.24) is 5.32 Å². The number of amides is 1. The Balaban J connectivity index is 2.42. The maximum Gasteiger partial charge on any atom is 0.287 e. The zero-order chi connectivity index (χ0) is 10.2. The topological polar surface area (TPSA) is 29.1 Å². The van der Waals surface area contributed by atoms with Gasteiger partial charge in [0.25, 0.3) is 5.24 Å². The van der Waals surface area contributed by atoms with E-state index in [2.05, 4.69) is 11.9 Å². The SMILES string of the molecule is C=C/C=C/NC(=O)Sc1ccccc1. The molecule has 1 aromatic carbocycles. The maximum absolute atomic E-state index is 11.3. The predicted molar refractivity (Wildman–Crippen MR) is 60.2 cm³/mol. The first kappa shape index (κ1) is 10.6. The summed E-state index contributed by atoms with van der Waals surface area (Å²) < 4.78 is 0. The predicted octanol–water partition coefficient (Wildman–Crippen LogP) is 3.19. The number of benzene rings is 1. The van der Waals surface area contributed by atoms with Crippen LogP contribution in [0, 0.1) is 0 Å². The van der Waals surface area contributed by atoms with Crippen molar-refractivity contribution in [1.29, 1.82) is 0 Å². The molecule has 72 valence electrons. The van der Waals surface area contributed by atoms with E-state index >= 15 is 0 Å². The molecule has 14 heavy (non-hydrogen) atoms. The van der Waals surface area contributed by atoms with Crippen molar-refractivity contribution < 1.29 is 4.79 Å². The van der Waals surface area contributed by atoms with Gasteiger partial charge in [0, 0.05) is 11.1 Å². The average Bonchev–Trinajstić information content (AvgIpc) is 2.20. The van der Waals surface area contributed by atoms with Crippen molar-refractivity contribution in [2.24, 2.45) is 0 Å². The second kappa shape index (κ2) is 6.05. The van der Waals surface area contributed by atoms with Crippen LogP contribution in [0.4, 0.5) is 4.79 Å². The van der Waals surface area contributed by atoms with E-state index in [1.807, 2.05) is 30.3 Å². The van der Waals surface area contributed by atoms with Crippen LogP contribution in [0.5, 0.6) is 0 Å². The molecule has 0 heterocycles. The summed E-state index contributed by atoms with van der Waals surface area (Å²) in [5.74, 6) is 0. The molecule has 0 aliphatic carbocycles. The summed E-state index contributed by atoms with van der Waals surface area (Å²) >= 11 is 1.16. The highest BCUT2D eigenvalue weighted by atomic mass is 32.2. The molecule has 0 saturated carbocycles. The number of hydrogen-bond donors (Lipinski definition) is 1. The number of thioether (sulfide) groups is 1. The summed E-state index contributed by atoms with van der Waals surface area (Å²) in [6.45, 7) is 3.50. The minimum Gasteiger partial charge on any atom is -0.323 e. The number of allylic oxidation sites excluding steroid dienone is 2. The van der Waals surface area contributed by atoms with Crippen LogP contribution >= 0.6 is 11.8 Å². The Kier molecular flexibility index (Phi) is 4.58. The first-order chi connectivity index (χ1) is 6.83. The molecule has 0 atom stereocenters. The van der Waals surface area contributed by atoms with E-state index in [-0.39, 0.29) is 5.24 Å². The van der Waals surface area contributed by atoms with Crippen LogP contribution in [-0.2, 0) is 0 Å². The molecule has 0 unspecified atom stereocenters. The van der Waals surface area contributed by atoms with Gasteiger partial charge in [0.05, 0.1) is 0 Å². The molecule has 1 rings (SSSR count). The van der Waals surface area contributed by atoms with Crippen LogP contribution in [0.2, 0.25) is 0 Å². The lowest BCUT2D eigenvalue weighted by molar-refractivity contribution is 0.263. The average molecular weight is 205 g/mol. The maximum atomic E-state index is 11.3. The molecule has 0 aliphatic rings. The smallest absolute Gasteiger partial charge is 0.287 e. The number of rotatable bonds is 3. The van der Waals surface area contributed by atoms with Crippen LogP contribution in [0.3, 0.4) is 0 Å². The molecule has 0 aromatic heterocycles. The molecule has 2 nitrogen and oxygen atoms in total. The minimum absolute atomic E-state index is 0.102. The van der Waals surface area contributed by atoms with Crippen molar-refractivity contribution in [2.45, 2.75) is 4.90 Å². The van der Waals surface area contributed by atoms with Crippen molar-refractivity contribution in [2.75, 3.05) is 0 Å². The Morgan fingerprint density at radius 1 is 1.36 bits per heavy atom. The molecule has 1 N–H and O–H groups in total. The van der Waals surface area contributed by atoms with Gasteiger partial charge in [-0.25, -0.2) is 0 Å².